The van der Waals surface area contributed by atoms with Crippen LogP contribution in [0.5, 0.6) is 0 Å². The number of aryl methyl sites for hydroxylation is 3. The van der Waals surface area contributed by atoms with E-state index >= 15 is 0 Å². The van der Waals surface area contributed by atoms with Crippen LogP contribution in [0.3, 0.4) is 0 Å². The molecule has 8 heteroatoms. The first-order chi connectivity index (χ1) is 15.4. The Bertz CT molecular complexity index is 1320. The van der Waals surface area contributed by atoms with Crippen molar-refractivity contribution < 1.29 is 9.13 Å². The highest BCUT2D eigenvalue weighted by Gasteiger charge is 2.25. The number of benzene rings is 2. The highest BCUT2D eigenvalue weighted by Crippen LogP contribution is 2.36. The summed E-state index contributed by atoms with van der Waals surface area (Å²) in [6, 6.07) is 8.74. The van der Waals surface area contributed by atoms with Gasteiger partial charge in [0.05, 0.1) is 35.2 Å². The normalized spacial score (nSPS) is 16.7. The van der Waals surface area contributed by atoms with E-state index in [4.69, 9.17) is 26.3 Å². The summed E-state index contributed by atoms with van der Waals surface area (Å²) in [7, 11) is 1.89. The van der Waals surface area contributed by atoms with Crippen LogP contribution in [0.2, 0.25) is 5.02 Å². The highest BCUT2D eigenvalue weighted by atomic mass is 35.5. The molecular formula is C24H23ClFN5O. The van der Waals surface area contributed by atoms with E-state index in [0.717, 1.165) is 34.7 Å². The van der Waals surface area contributed by atoms with Crippen molar-refractivity contribution in [3.05, 3.63) is 70.5 Å². The molecule has 1 aliphatic rings. The van der Waals surface area contributed by atoms with Crippen molar-refractivity contribution in [2.24, 2.45) is 7.05 Å². The molecule has 32 heavy (non-hydrogen) atoms. The summed E-state index contributed by atoms with van der Waals surface area (Å²) < 4.78 is 22.7. The fourth-order valence-electron chi connectivity index (χ4n) is 4.10. The van der Waals surface area contributed by atoms with E-state index < -0.39 is 0 Å². The lowest BCUT2D eigenvalue weighted by Crippen LogP contribution is -2.38. The molecule has 1 aliphatic heterocycles. The van der Waals surface area contributed by atoms with Crippen LogP contribution >= 0.6 is 11.6 Å². The Balaban J connectivity index is 1.62. The number of ether oxygens (including phenoxy) is 1. The molecule has 0 amide bonds. The highest BCUT2D eigenvalue weighted by molar-refractivity contribution is 6.30. The number of rotatable bonds is 3. The molecule has 1 fully saturated rings. The third kappa shape index (κ3) is 3.82. The first kappa shape index (κ1) is 20.8. The van der Waals surface area contributed by atoms with E-state index in [1.165, 1.54) is 6.07 Å². The maximum Gasteiger partial charge on any atom is 0.132 e. The van der Waals surface area contributed by atoms with Crippen LogP contribution < -0.4 is 4.90 Å². The van der Waals surface area contributed by atoms with Crippen molar-refractivity contribution in [3.63, 3.8) is 0 Å². The Morgan fingerprint density at radius 3 is 2.66 bits per heavy atom. The molecule has 2 aromatic carbocycles. The van der Waals surface area contributed by atoms with E-state index in [1.54, 1.807) is 16.8 Å². The van der Waals surface area contributed by atoms with Gasteiger partial charge in [-0.3, -0.25) is 4.68 Å². The molecule has 6 nitrogen and oxygen atoms in total. The van der Waals surface area contributed by atoms with Gasteiger partial charge < -0.3 is 9.64 Å². The molecule has 0 aliphatic carbocycles. The molecule has 0 saturated carbocycles. The van der Waals surface area contributed by atoms with Gasteiger partial charge in [-0.1, -0.05) is 11.6 Å². The largest absolute Gasteiger partial charge is 0.370 e. The lowest BCUT2D eigenvalue weighted by atomic mass is 10.0. The number of morpholine rings is 1. The fourth-order valence-corrected chi connectivity index (χ4v) is 4.26. The summed E-state index contributed by atoms with van der Waals surface area (Å²) >= 11 is 6.00. The lowest BCUT2D eigenvalue weighted by molar-refractivity contribution is 0.0397. The van der Waals surface area contributed by atoms with E-state index in [0.29, 0.717) is 34.8 Å². The van der Waals surface area contributed by atoms with Gasteiger partial charge in [0.2, 0.25) is 0 Å². The number of fused-ring (bicyclic) bond motifs is 1. The van der Waals surface area contributed by atoms with Crippen LogP contribution in [0.25, 0.3) is 22.2 Å². The second kappa shape index (κ2) is 8.15. The topological polar surface area (TPSA) is 56.1 Å². The number of anilines is 1. The molecule has 0 spiro atoms. The van der Waals surface area contributed by atoms with Gasteiger partial charge in [0.15, 0.2) is 0 Å². The van der Waals surface area contributed by atoms with Crippen LogP contribution in [-0.4, -0.2) is 39.4 Å². The lowest BCUT2D eigenvalue weighted by Gasteiger charge is -2.34. The molecule has 1 saturated heterocycles. The Kier molecular flexibility index (Phi) is 5.31. The monoisotopic (exact) mass is 451 g/mol. The smallest absolute Gasteiger partial charge is 0.132 e. The minimum Gasteiger partial charge on any atom is -0.370 e. The summed E-state index contributed by atoms with van der Waals surface area (Å²) in [5.41, 5.74) is 6.23. The van der Waals surface area contributed by atoms with Gasteiger partial charge in [0.25, 0.3) is 0 Å². The van der Waals surface area contributed by atoms with Gasteiger partial charge >= 0.3 is 0 Å². The zero-order chi connectivity index (χ0) is 22.4. The molecule has 0 radical (unpaired) electrons. The number of halogens is 2. The van der Waals surface area contributed by atoms with Crippen LogP contribution in [0.1, 0.15) is 23.1 Å². The summed E-state index contributed by atoms with van der Waals surface area (Å²) in [6.45, 7) is 5.82. The molecular weight excluding hydrogens is 429 g/mol. The van der Waals surface area contributed by atoms with Gasteiger partial charge in [-0.05, 0) is 44.2 Å². The zero-order valence-electron chi connectivity index (χ0n) is 18.1. The predicted molar refractivity (Wildman–Crippen MR) is 124 cm³/mol. The average Bonchev–Trinajstić information content (AvgIpc) is 3.21. The Labute approximate surface area is 190 Å². The van der Waals surface area contributed by atoms with Crippen molar-refractivity contribution in [1.82, 2.24) is 19.7 Å². The Hall–Kier alpha value is -3.03. The van der Waals surface area contributed by atoms with Crippen molar-refractivity contribution in [2.75, 3.05) is 24.6 Å². The predicted octanol–water partition coefficient (Wildman–Crippen LogP) is 5.02. The second-order valence-corrected chi connectivity index (χ2v) is 8.57. The van der Waals surface area contributed by atoms with Gasteiger partial charge in [-0.2, -0.15) is 5.10 Å². The van der Waals surface area contributed by atoms with Crippen LogP contribution in [0.4, 0.5) is 10.1 Å². The van der Waals surface area contributed by atoms with Crippen LogP contribution in [-0.2, 0) is 11.8 Å². The third-order valence-electron chi connectivity index (χ3n) is 5.92. The number of nitrogens with zero attached hydrogens (tertiary/aromatic N) is 5. The van der Waals surface area contributed by atoms with Gasteiger partial charge in [-0.15, -0.1) is 0 Å². The maximum atomic E-state index is 14.9. The third-order valence-corrected chi connectivity index (χ3v) is 6.15. The summed E-state index contributed by atoms with van der Waals surface area (Å²) in [5, 5.41) is 4.63. The Morgan fingerprint density at radius 2 is 1.91 bits per heavy atom. The summed E-state index contributed by atoms with van der Waals surface area (Å²) in [5.74, 6) is -0.383. The first-order valence-electron chi connectivity index (χ1n) is 10.5. The Morgan fingerprint density at radius 1 is 1.09 bits per heavy atom. The minimum atomic E-state index is -0.383. The fraction of sp³-hybridized carbons (Fsp3) is 0.292. The molecule has 4 aromatic rings. The number of aromatic nitrogens is 4. The van der Waals surface area contributed by atoms with Crippen LogP contribution in [0, 0.1) is 19.7 Å². The van der Waals surface area contributed by atoms with Gasteiger partial charge in [-0.25, -0.2) is 14.4 Å². The summed E-state index contributed by atoms with van der Waals surface area (Å²) in [6.07, 6.45) is 3.72. The molecule has 0 unspecified atom stereocenters. The van der Waals surface area contributed by atoms with Crippen molar-refractivity contribution >= 4 is 28.3 Å². The molecule has 0 N–H and O–H groups in total. The van der Waals surface area contributed by atoms with E-state index in [-0.39, 0.29) is 11.9 Å². The maximum absolute atomic E-state index is 14.9. The zero-order valence-corrected chi connectivity index (χ0v) is 18.9. The van der Waals surface area contributed by atoms with E-state index in [1.807, 2.05) is 45.4 Å². The molecule has 0 bridgehead atoms. The van der Waals surface area contributed by atoms with E-state index in [9.17, 15) is 4.39 Å². The average molecular weight is 452 g/mol. The molecule has 2 aromatic heterocycles. The summed E-state index contributed by atoms with van der Waals surface area (Å²) in [4.78, 5) is 11.8. The number of hydrogen-bond donors (Lipinski definition) is 0. The van der Waals surface area contributed by atoms with Crippen molar-refractivity contribution in [1.29, 1.82) is 0 Å². The molecule has 164 valence electrons. The molecule has 3 heterocycles. The van der Waals surface area contributed by atoms with Gasteiger partial charge in [0.1, 0.15) is 11.9 Å². The quantitative estimate of drug-likeness (QED) is 0.438. The molecule has 1 atom stereocenters. The second-order valence-electron chi connectivity index (χ2n) is 8.13. The van der Waals surface area contributed by atoms with Crippen LogP contribution in [0.15, 0.2) is 42.7 Å². The van der Waals surface area contributed by atoms with Gasteiger partial charge in [0, 0.05) is 53.7 Å². The minimum absolute atomic E-state index is 0.0882. The standard InChI is InChI=1S/C24H23ClFN5O/c1-14-15(2)29-24-20(19-5-4-17(25)8-21(19)26)9-18(10-22(24)28-14)31-6-7-32-23(13-31)16-11-27-30(3)12-16/h4-5,8-12,23H,6-7,13H2,1-3H3/t23-/m1/s1. The first-order valence-corrected chi connectivity index (χ1v) is 10.9. The van der Waals surface area contributed by atoms with Crippen molar-refractivity contribution in [3.8, 4) is 11.1 Å². The SMILES string of the molecule is Cc1nc2cc(N3CCO[C@@H](c4cnn(C)c4)C3)cc(-c3ccc(Cl)cc3F)c2nc1C. The molecule has 5 rings (SSSR count). The van der Waals surface area contributed by atoms with E-state index in [2.05, 4.69) is 10.00 Å². The number of hydrogen-bond acceptors (Lipinski definition) is 5. The van der Waals surface area contributed by atoms with Crippen molar-refractivity contribution in [2.45, 2.75) is 20.0 Å².